The Balaban J connectivity index is 2.18. The zero-order valence-corrected chi connectivity index (χ0v) is 12.7. The Kier molecular flexibility index (Phi) is 5.11. The third-order valence-electron chi connectivity index (χ3n) is 3.79. The molecule has 0 radical (unpaired) electrons. The monoisotopic (exact) mass is 314 g/mol. The summed E-state index contributed by atoms with van der Waals surface area (Å²) in [4.78, 5) is 12.1. The van der Waals surface area contributed by atoms with Crippen molar-refractivity contribution in [3.63, 3.8) is 0 Å². The number of nitrogens with one attached hydrogen (secondary N) is 2. The van der Waals surface area contributed by atoms with Gasteiger partial charge in [0, 0.05) is 13.1 Å². The fourth-order valence-electron chi connectivity index (χ4n) is 2.45. The smallest absolute Gasteiger partial charge is 0.349 e. The first-order valence-corrected chi connectivity index (χ1v) is 7.45. The van der Waals surface area contributed by atoms with E-state index in [9.17, 15) is 18.0 Å². The molecule has 22 heavy (non-hydrogen) atoms. The minimum atomic E-state index is -4.37. The Bertz CT molecular complexity index is 524. The standard InChI is InChI=1S/C16H21F3N2O/c1-10(2)6-14(21-15(22)12-8-20-9-12)11-4-3-5-13(7-11)16(17,18)19/h3-5,7,10,12,14,20H,6,8-9H2,1-2H3,(H,21,22). The predicted molar refractivity (Wildman–Crippen MR) is 78.1 cm³/mol. The van der Waals surface area contributed by atoms with Gasteiger partial charge in [0.2, 0.25) is 5.91 Å². The SMILES string of the molecule is CC(C)CC(NC(=O)C1CNC1)c1cccc(C(F)(F)F)c1. The van der Waals surface area contributed by atoms with E-state index in [1.807, 2.05) is 13.8 Å². The second-order valence-electron chi connectivity index (χ2n) is 6.17. The van der Waals surface area contributed by atoms with Gasteiger partial charge in [0.05, 0.1) is 17.5 Å². The quantitative estimate of drug-likeness (QED) is 0.877. The summed E-state index contributed by atoms with van der Waals surface area (Å²) in [6, 6.07) is 4.82. The molecule has 1 unspecified atom stereocenters. The van der Waals surface area contributed by atoms with E-state index in [1.54, 1.807) is 6.07 Å². The van der Waals surface area contributed by atoms with Crippen LogP contribution in [0.4, 0.5) is 13.2 Å². The average molecular weight is 314 g/mol. The molecule has 2 rings (SSSR count). The number of hydrogen-bond acceptors (Lipinski definition) is 2. The summed E-state index contributed by atoms with van der Waals surface area (Å²) < 4.78 is 38.6. The molecule has 0 aliphatic carbocycles. The first-order chi connectivity index (χ1) is 10.3. The highest BCUT2D eigenvalue weighted by atomic mass is 19.4. The van der Waals surface area contributed by atoms with Gasteiger partial charge in [-0.2, -0.15) is 13.2 Å². The highest BCUT2D eigenvalue weighted by Gasteiger charge is 2.32. The molecule has 1 aliphatic heterocycles. The summed E-state index contributed by atoms with van der Waals surface area (Å²) in [6.45, 7) is 5.22. The van der Waals surface area contributed by atoms with Crippen molar-refractivity contribution in [3.8, 4) is 0 Å². The Morgan fingerprint density at radius 2 is 2.05 bits per heavy atom. The number of hydrogen-bond donors (Lipinski definition) is 2. The van der Waals surface area contributed by atoms with E-state index in [4.69, 9.17) is 0 Å². The molecular formula is C16H21F3N2O. The van der Waals surface area contributed by atoms with E-state index in [0.717, 1.165) is 12.1 Å². The van der Waals surface area contributed by atoms with Gasteiger partial charge in [-0.05, 0) is 30.0 Å². The fourth-order valence-corrected chi connectivity index (χ4v) is 2.45. The van der Waals surface area contributed by atoms with E-state index >= 15 is 0 Å². The van der Waals surface area contributed by atoms with E-state index in [2.05, 4.69) is 10.6 Å². The lowest BCUT2D eigenvalue weighted by molar-refractivity contribution is -0.137. The molecule has 1 aromatic rings. The molecule has 0 saturated carbocycles. The van der Waals surface area contributed by atoms with Crippen molar-refractivity contribution >= 4 is 5.91 Å². The van der Waals surface area contributed by atoms with Crippen LogP contribution in [0.1, 0.15) is 37.4 Å². The number of alkyl halides is 3. The molecule has 1 atom stereocenters. The average Bonchev–Trinajstić information content (AvgIpc) is 2.34. The molecule has 2 N–H and O–H groups in total. The summed E-state index contributed by atoms with van der Waals surface area (Å²) in [5, 5.41) is 5.91. The van der Waals surface area contributed by atoms with Gasteiger partial charge in [-0.3, -0.25) is 4.79 Å². The summed E-state index contributed by atoms with van der Waals surface area (Å²) in [6.07, 6.45) is -3.77. The summed E-state index contributed by atoms with van der Waals surface area (Å²) in [5.41, 5.74) is -0.178. The summed E-state index contributed by atoms with van der Waals surface area (Å²) in [5.74, 6) is 0.0848. The number of rotatable bonds is 5. The molecule has 0 spiro atoms. The Hall–Kier alpha value is -1.56. The van der Waals surface area contributed by atoms with Crippen LogP contribution in [0.3, 0.4) is 0 Å². The lowest BCUT2D eigenvalue weighted by atomic mass is 9.94. The Morgan fingerprint density at radius 1 is 1.36 bits per heavy atom. The molecule has 6 heteroatoms. The fraction of sp³-hybridized carbons (Fsp3) is 0.562. The molecule has 0 bridgehead atoms. The van der Waals surface area contributed by atoms with Crippen LogP contribution < -0.4 is 10.6 Å². The molecular weight excluding hydrogens is 293 g/mol. The number of carbonyl (C=O) groups excluding carboxylic acids is 1. The molecule has 1 amide bonds. The number of benzene rings is 1. The third kappa shape index (κ3) is 4.22. The van der Waals surface area contributed by atoms with Gasteiger partial charge in [-0.25, -0.2) is 0 Å². The van der Waals surface area contributed by atoms with Crippen molar-refractivity contribution in [2.24, 2.45) is 11.8 Å². The number of carbonyl (C=O) groups is 1. The minimum Gasteiger partial charge on any atom is -0.349 e. The zero-order chi connectivity index (χ0) is 16.3. The summed E-state index contributed by atoms with van der Waals surface area (Å²) >= 11 is 0. The van der Waals surface area contributed by atoms with Crippen LogP contribution >= 0.6 is 0 Å². The maximum atomic E-state index is 12.9. The molecule has 1 saturated heterocycles. The highest BCUT2D eigenvalue weighted by Crippen LogP contribution is 2.32. The van der Waals surface area contributed by atoms with Crippen LogP contribution in [-0.4, -0.2) is 19.0 Å². The van der Waals surface area contributed by atoms with E-state index < -0.39 is 17.8 Å². The second-order valence-corrected chi connectivity index (χ2v) is 6.17. The highest BCUT2D eigenvalue weighted by molar-refractivity contribution is 5.80. The Labute approximate surface area is 128 Å². The van der Waals surface area contributed by atoms with E-state index in [-0.39, 0.29) is 17.7 Å². The lowest BCUT2D eigenvalue weighted by Gasteiger charge is -2.29. The maximum absolute atomic E-state index is 12.9. The topological polar surface area (TPSA) is 41.1 Å². The van der Waals surface area contributed by atoms with Crippen LogP contribution in [0.25, 0.3) is 0 Å². The van der Waals surface area contributed by atoms with Crippen LogP contribution in [0.5, 0.6) is 0 Å². The van der Waals surface area contributed by atoms with Gasteiger partial charge in [-0.15, -0.1) is 0 Å². The molecule has 1 fully saturated rings. The van der Waals surface area contributed by atoms with Crippen molar-refractivity contribution < 1.29 is 18.0 Å². The van der Waals surface area contributed by atoms with Crippen LogP contribution in [-0.2, 0) is 11.0 Å². The molecule has 122 valence electrons. The van der Waals surface area contributed by atoms with Gasteiger partial charge in [0.1, 0.15) is 0 Å². The van der Waals surface area contributed by atoms with Crippen molar-refractivity contribution in [2.45, 2.75) is 32.5 Å². The zero-order valence-electron chi connectivity index (χ0n) is 12.7. The minimum absolute atomic E-state index is 0.0829. The van der Waals surface area contributed by atoms with E-state index in [1.165, 1.54) is 6.07 Å². The second kappa shape index (κ2) is 6.69. The summed E-state index contributed by atoms with van der Waals surface area (Å²) in [7, 11) is 0. The van der Waals surface area contributed by atoms with Gasteiger partial charge in [0.15, 0.2) is 0 Å². The van der Waals surface area contributed by atoms with Crippen molar-refractivity contribution in [1.29, 1.82) is 0 Å². The number of amides is 1. The molecule has 1 aliphatic rings. The van der Waals surface area contributed by atoms with Crippen molar-refractivity contribution in [1.82, 2.24) is 10.6 Å². The lowest BCUT2D eigenvalue weighted by Crippen LogP contribution is -2.51. The normalized spacial score (nSPS) is 17.2. The van der Waals surface area contributed by atoms with Gasteiger partial charge < -0.3 is 10.6 Å². The molecule has 3 nitrogen and oxygen atoms in total. The first-order valence-electron chi connectivity index (χ1n) is 7.45. The Morgan fingerprint density at radius 3 is 2.55 bits per heavy atom. The largest absolute Gasteiger partial charge is 0.416 e. The van der Waals surface area contributed by atoms with Crippen molar-refractivity contribution in [3.05, 3.63) is 35.4 Å². The predicted octanol–water partition coefficient (Wildman–Crippen LogP) is 3.13. The van der Waals surface area contributed by atoms with Crippen LogP contribution in [0.2, 0.25) is 0 Å². The van der Waals surface area contributed by atoms with E-state index in [0.29, 0.717) is 25.1 Å². The molecule has 0 aromatic heterocycles. The van der Waals surface area contributed by atoms with Gasteiger partial charge >= 0.3 is 6.18 Å². The maximum Gasteiger partial charge on any atom is 0.416 e. The van der Waals surface area contributed by atoms with Crippen LogP contribution in [0, 0.1) is 11.8 Å². The van der Waals surface area contributed by atoms with Crippen LogP contribution in [0.15, 0.2) is 24.3 Å². The number of halogens is 3. The van der Waals surface area contributed by atoms with Gasteiger partial charge in [0.25, 0.3) is 0 Å². The molecule has 1 aromatic carbocycles. The third-order valence-corrected chi connectivity index (χ3v) is 3.79. The first kappa shape index (κ1) is 16.8. The molecule has 1 heterocycles. The van der Waals surface area contributed by atoms with Gasteiger partial charge in [-0.1, -0.05) is 26.0 Å². The van der Waals surface area contributed by atoms with Crippen molar-refractivity contribution in [2.75, 3.05) is 13.1 Å².